The van der Waals surface area contributed by atoms with Gasteiger partial charge in [-0.15, -0.1) is 0 Å². The molecule has 1 aromatic carbocycles. The van der Waals surface area contributed by atoms with Crippen molar-refractivity contribution < 1.29 is 9.47 Å². The van der Waals surface area contributed by atoms with Crippen LogP contribution >= 0.6 is 0 Å². The molecule has 0 aliphatic carbocycles. The minimum Gasteiger partial charge on any atom is -0.495 e. The van der Waals surface area contributed by atoms with E-state index in [1.807, 2.05) is 25.1 Å². The third-order valence-electron chi connectivity index (χ3n) is 4.01. The van der Waals surface area contributed by atoms with Gasteiger partial charge in [0.2, 0.25) is 0 Å². The molecule has 1 aromatic heterocycles. The molecule has 7 heteroatoms. The van der Waals surface area contributed by atoms with Crippen LogP contribution in [-0.2, 0) is 4.74 Å². The quantitative estimate of drug-likeness (QED) is 0.750. The molecule has 128 valence electrons. The van der Waals surface area contributed by atoms with Crippen LogP contribution in [0.4, 0.5) is 23.0 Å². The van der Waals surface area contributed by atoms with E-state index in [9.17, 15) is 0 Å². The zero-order chi connectivity index (χ0) is 16.9. The number of benzene rings is 1. The minimum absolute atomic E-state index is 0.215. The molecule has 0 bridgehead atoms. The van der Waals surface area contributed by atoms with Gasteiger partial charge in [0, 0.05) is 13.2 Å². The highest BCUT2D eigenvalue weighted by Crippen LogP contribution is 2.31. The van der Waals surface area contributed by atoms with Gasteiger partial charge < -0.3 is 25.8 Å². The number of nitrogens with two attached hydrogens (primary N) is 1. The van der Waals surface area contributed by atoms with E-state index in [0.717, 1.165) is 36.4 Å². The van der Waals surface area contributed by atoms with Gasteiger partial charge in [0.1, 0.15) is 17.8 Å². The average Bonchev–Trinajstić information content (AvgIpc) is 3.09. The number of rotatable bonds is 6. The molecule has 0 radical (unpaired) electrons. The number of nitrogens with one attached hydrogen (secondary N) is 2. The number of nitrogens with zero attached hydrogens (tertiary/aromatic N) is 2. The summed E-state index contributed by atoms with van der Waals surface area (Å²) >= 11 is 0. The van der Waals surface area contributed by atoms with E-state index in [2.05, 4.69) is 20.6 Å². The highest BCUT2D eigenvalue weighted by Gasteiger charge is 2.17. The van der Waals surface area contributed by atoms with E-state index in [4.69, 9.17) is 15.2 Å². The van der Waals surface area contributed by atoms with E-state index >= 15 is 0 Å². The van der Waals surface area contributed by atoms with Crippen molar-refractivity contribution in [1.82, 2.24) is 9.97 Å². The first-order chi connectivity index (χ1) is 11.7. The number of hydrogen-bond donors (Lipinski definition) is 3. The van der Waals surface area contributed by atoms with Gasteiger partial charge >= 0.3 is 0 Å². The monoisotopic (exact) mass is 329 g/mol. The van der Waals surface area contributed by atoms with Gasteiger partial charge in [0.25, 0.3) is 0 Å². The molecule has 0 amide bonds. The Labute approximate surface area is 141 Å². The average molecular weight is 329 g/mol. The van der Waals surface area contributed by atoms with Gasteiger partial charge in [0.05, 0.1) is 18.9 Å². The number of aryl methyl sites for hydroxylation is 1. The first-order valence-corrected chi connectivity index (χ1v) is 8.05. The summed E-state index contributed by atoms with van der Waals surface area (Å²) in [5, 5.41) is 6.48. The molecule has 1 fully saturated rings. The third-order valence-corrected chi connectivity index (χ3v) is 4.01. The van der Waals surface area contributed by atoms with E-state index in [0.29, 0.717) is 23.9 Å². The summed E-state index contributed by atoms with van der Waals surface area (Å²) in [6.07, 6.45) is 3.86. The second-order valence-electron chi connectivity index (χ2n) is 5.83. The van der Waals surface area contributed by atoms with Crippen molar-refractivity contribution in [3.05, 3.63) is 30.1 Å². The largest absolute Gasteiger partial charge is 0.495 e. The van der Waals surface area contributed by atoms with E-state index in [1.165, 1.54) is 6.33 Å². The maximum Gasteiger partial charge on any atom is 0.159 e. The fraction of sp³-hybridized carbons (Fsp3) is 0.412. The molecule has 2 aromatic rings. The van der Waals surface area contributed by atoms with Crippen LogP contribution in [0.15, 0.2) is 24.5 Å². The van der Waals surface area contributed by atoms with Crippen LogP contribution in [0.3, 0.4) is 0 Å². The Kier molecular flexibility index (Phi) is 5.00. The number of nitrogen functional groups attached to an aromatic ring is 1. The Balaban J connectivity index is 1.76. The van der Waals surface area contributed by atoms with E-state index in [-0.39, 0.29) is 6.10 Å². The molecule has 1 saturated heterocycles. The Hall–Kier alpha value is -2.54. The maximum atomic E-state index is 6.21. The van der Waals surface area contributed by atoms with E-state index in [1.54, 1.807) is 7.11 Å². The van der Waals surface area contributed by atoms with Crippen molar-refractivity contribution >= 4 is 23.0 Å². The number of aromatic nitrogens is 2. The fourth-order valence-electron chi connectivity index (χ4n) is 2.70. The molecule has 1 unspecified atom stereocenters. The van der Waals surface area contributed by atoms with Gasteiger partial charge in [0.15, 0.2) is 11.6 Å². The number of methoxy groups -OCH3 is 1. The topological polar surface area (TPSA) is 94.3 Å². The zero-order valence-corrected chi connectivity index (χ0v) is 14.0. The van der Waals surface area contributed by atoms with Gasteiger partial charge in [-0.2, -0.15) is 0 Å². The predicted octanol–water partition coefficient (Wildman–Crippen LogP) is 2.71. The van der Waals surface area contributed by atoms with Crippen LogP contribution in [0.25, 0.3) is 0 Å². The molecular weight excluding hydrogens is 306 g/mol. The lowest BCUT2D eigenvalue weighted by Crippen LogP contribution is -2.20. The van der Waals surface area contributed by atoms with Crippen LogP contribution in [-0.4, -0.2) is 36.3 Å². The third kappa shape index (κ3) is 3.68. The molecule has 0 spiro atoms. The SMILES string of the molecule is COc1ccc(C)cc1Nc1ncnc(NCC2CCCO2)c1N. The molecule has 0 saturated carbocycles. The van der Waals surface area contributed by atoms with Crippen LogP contribution in [0.5, 0.6) is 5.75 Å². The molecule has 7 nitrogen and oxygen atoms in total. The van der Waals surface area contributed by atoms with Gasteiger partial charge in [-0.3, -0.25) is 0 Å². The van der Waals surface area contributed by atoms with Gasteiger partial charge in [-0.1, -0.05) is 6.07 Å². The minimum atomic E-state index is 0.215. The predicted molar refractivity (Wildman–Crippen MR) is 94.9 cm³/mol. The van der Waals surface area contributed by atoms with Crippen molar-refractivity contribution in [2.24, 2.45) is 0 Å². The molecule has 4 N–H and O–H groups in total. The molecule has 24 heavy (non-hydrogen) atoms. The van der Waals surface area contributed by atoms with Crippen molar-refractivity contribution in [1.29, 1.82) is 0 Å². The van der Waals surface area contributed by atoms with Gasteiger partial charge in [-0.05, 0) is 37.5 Å². The normalized spacial score (nSPS) is 16.8. The molecule has 3 rings (SSSR count). The van der Waals surface area contributed by atoms with Gasteiger partial charge in [-0.25, -0.2) is 9.97 Å². The Morgan fingerprint density at radius 2 is 2.17 bits per heavy atom. The van der Waals surface area contributed by atoms with E-state index < -0.39 is 0 Å². The molecule has 1 aliphatic heterocycles. The number of hydrogen-bond acceptors (Lipinski definition) is 7. The summed E-state index contributed by atoms with van der Waals surface area (Å²) in [7, 11) is 1.63. The Bertz CT molecular complexity index is 701. The fourth-order valence-corrected chi connectivity index (χ4v) is 2.70. The first-order valence-electron chi connectivity index (χ1n) is 8.05. The van der Waals surface area contributed by atoms with Crippen LogP contribution in [0.2, 0.25) is 0 Å². The van der Waals surface area contributed by atoms with Crippen LogP contribution in [0, 0.1) is 6.92 Å². The Morgan fingerprint density at radius 1 is 1.33 bits per heavy atom. The molecule has 2 heterocycles. The van der Waals surface area contributed by atoms with Crippen molar-refractivity contribution in [3.8, 4) is 5.75 Å². The van der Waals surface area contributed by atoms with Crippen molar-refractivity contribution in [2.45, 2.75) is 25.9 Å². The summed E-state index contributed by atoms with van der Waals surface area (Å²) in [5.41, 5.74) is 8.61. The highest BCUT2D eigenvalue weighted by molar-refractivity contribution is 5.79. The van der Waals surface area contributed by atoms with Crippen LogP contribution in [0.1, 0.15) is 18.4 Å². The lowest BCUT2D eigenvalue weighted by atomic mass is 10.2. The summed E-state index contributed by atoms with van der Waals surface area (Å²) in [6, 6.07) is 5.88. The summed E-state index contributed by atoms with van der Waals surface area (Å²) < 4.78 is 11.0. The first kappa shape index (κ1) is 16.3. The van der Waals surface area contributed by atoms with Crippen LogP contribution < -0.4 is 21.1 Å². The molecular formula is C17H23N5O2. The smallest absolute Gasteiger partial charge is 0.159 e. The summed E-state index contributed by atoms with van der Waals surface area (Å²) in [5.74, 6) is 1.88. The number of anilines is 4. The molecule has 1 atom stereocenters. The second-order valence-corrected chi connectivity index (χ2v) is 5.83. The number of ether oxygens (including phenoxy) is 2. The highest BCUT2D eigenvalue weighted by atomic mass is 16.5. The van der Waals surface area contributed by atoms with Crippen molar-refractivity contribution in [2.75, 3.05) is 36.6 Å². The van der Waals surface area contributed by atoms with Crippen molar-refractivity contribution in [3.63, 3.8) is 0 Å². The summed E-state index contributed by atoms with van der Waals surface area (Å²) in [6.45, 7) is 3.53. The zero-order valence-electron chi connectivity index (χ0n) is 14.0. The maximum absolute atomic E-state index is 6.21. The Morgan fingerprint density at radius 3 is 2.92 bits per heavy atom. The standard InChI is InChI=1S/C17H23N5O2/c1-11-5-6-14(23-2)13(8-11)22-17-15(18)16(20-10-21-17)19-9-12-4-3-7-24-12/h5-6,8,10,12H,3-4,7,9,18H2,1-2H3,(H2,19,20,21,22). The molecule has 1 aliphatic rings. The summed E-state index contributed by atoms with van der Waals surface area (Å²) in [4.78, 5) is 8.47. The lowest BCUT2D eigenvalue weighted by Gasteiger charge is -2.16. The lowest BCUT2D eigenvalue weighted by molar-refractivity contribution is 0.120. The second kappa shape index (κ2) is 7.35.